The maximum atomic E-state index is 6.06. The summed E-state index contributed by atoms with van der Waals surface area (Å²) in [4.78, 5) is 4.21. The van der Waals surface area contributed by atoms with Crippen LogP contribution in [-0.4, -0.2) is 12.1 Å². The van der Waals surface area contributed by atoms with Gasteiger partial charge in [-0.25, -0.2) is 4.98 Å². The van der Waals surface area contributed by atoms with Gasteiger partial charge in [0, 0.05) is 5.56 Å². The molecule has 0 radical (unpaired) electrons. The summed E-state index contributed by atoms with van der Waals surface area (Å²) in [6.07, 6.45) is 0. The van der Waals surface area contributed by atoms with Crippen molar-refractivity contribution < 1.29 is 9.15 Å². The highest BCUT2D eigenvalue weighted by Gasteiger charge is 2.12. The fourth-order valence-corrected chi connectivity index (χ4v) is 1.87. The lowest BCUT2D eigenvalue weighted by Crippen LogP contribution is -1.95. The molecule has 0 amide bonds. The first-order valence-corrected chi connectivity index (χ1v) is 5.53. The smallest absolute Gasteiger partial charge is 0.208 e. The van der Waals surface area contributed by atoms with Crippen molar-refractivity contribution in [3.05, 3.63) is 34.8 Å². The summed E-state index contributed by atoms with van der Waals surface area (Å²) in [7, 11) is 1.58. The third-order valence-electron chi connectivity index (χ3n) is 2.43. The van der Waals surface area contributed by atoms with Crippen LogP contribution in [0.25, 0.3) is 11.3 Å². The van der Waals surface area contributed by atoms with Crippen LogP contribution < -0.4 is 10.5 Å². The summed E-state index contributed by atoms with van der Waals surface area (Å²) in [6, 6.07) is 5.45. The van der Waals surface area contributed by atoms with Crippen LogP contribution in [0.4, 0.5) is 0 Å². The van der Waals surface area contributed by atoms with Gasteiger partial charge in [0.25, 0.3) is 0 Å². The first kappa shape index (κ1) is 12.0. The van der Waals surface area contributed by atoms with Crippen molar-refractivity contribution in [2.24, 2.45) is 5.73 Å². The van der Waals surface area contributed by atoms with Gasteiger partial charge in [-0.2, -0.15) is 0 Å². The Kier molecular flexibility index (Phi) is 3.36. The number of hydrogen-bond acceptors (Lipinski definition) is 4. The van der Waals surface area contributed by atoms with E-state index < -0.39 is 0 Å². The van der Waals surface area contributed by atoms with Crippen LogP contribution in [0.15, 0.2) is 22.6 Å². The molecule has 0 unspecified atom stereocenters. The van der Waals surface area contributed by atoms with E-state index >= 15 is 0 Å². The first-order chi connectivity index (χ1) is 8.15. The number of nitrogens with two attached hydrogens (primary N) is 1. The lowest BCUT2D eigenvalue weighted by molar-refractivity contribution is 0.415. The molecule has 2 rings (SSSR count). The van der Waals surface area contributed by atoms with Crippen molar-refractivity contribution in [1.82, 2.24) is 4.98 Å². The Morgan fingerprint density at radius 1 is 1.47 bits per heavy atom. The Balaban J connectivity index is 2.45. The minimum Gasteiger partial charge on any atom is -0.495 e. The van der Waals surface area contributed by atoms with Crippen LogP contribution in [0.1, 0.15) is 11.6 Å². The van der Waals surface area contributed by atoms with Crippen LogP contribution >= 0.6 is 11.6 Å². The Bertz CT molecular complexity index is 537. The first-order valence-electron chi connectivity index (χ1n) is 5.16. The summed E-state index contributed by atoms with van der Waals surface area (Å²) in [6.45, 7) is 2.15. The van der Waals surface area contributed by atoms with Crippen molar-refractivity contribution >= 4 is 11.6 Å². The molecule has 2 aromatic rings. The van der Waals surface area contributed by atoms with Gasteiger partial charge in [-0.1, -0.05) is 11.6 Å². The molecule has 0 fully saturated rings. The molecule has 0 saturated carbocycles. The summed E-state index contributed by atoms with van der Waals surface area (Å²) >= 11 is 6.06. The molecule has 1 aromatic carbocycles. The van der Waals surface area contributed by atoms with Gasteiger partial charge >= 0.3 is 0 Å². The Morgan fingerprint density at radius 3 is 2.76 bits per heavy atom. The molecule has 0 spiro atoms. The van der Waals surface area contributed by atoms with E-state index in [1.165, 1.54) is 0 Å². The number of nitrogens with zero attached hydrogens (tertiary/aromatic N) is 1. The molecule has 0 saturated heterocycles. The quantitative estimate of drug-likeness (QED) is 0.912. The molecular formula is C12H13ClN2O2. The standard InChI is InChI=1S/C12H13ClN2O2/c1-7-12(17-11(6-14)15-7)8-3-4-10(16-2)9(13)5-8/h3-5H,6,14H2,1-2H3. The fourth-order valence-electron chi connectivity index (χ4n) is 1.62. The topological polar surface area (TPSA) is 61.3 Å². The average Bonchev–Trinajstić information content (AvgIpc) is 2.70. The number of ether oxygens (including phenoxy) is 1. The molecule has 0 atom stereocenters. The van der Waals surface area contributed by atoms with Crippen LogP contribution in [0, 0.1) is 6.92 Å². The molecule has 5 heteroatoms. The van der Waals surface area contributed by atoms with Gasteiger partial charge in [-0.05, 0) is 25.1 Å². The van der Waals surface area contributed by atoms with E-state index in [2.05, 4.69) is 4.98 Å². The van der Waals surface area contributed by atoms with Gasteiger partial charge in [0.1, 0.15) is 5.75 Å². The SMILES string of the molecule is COc1ccc(-c2oc(CN)nc2C)cc1Cl. The van der Waals surface area contributed by atoms with E-state index in [0.29, 0.717) is 22.4 Å². The maximum Gasteiger partial charge on any atom is 0.208 e. The third kappa shape index (κ3) is 2.28. The van der Waals surface area contributed by atoms with Crippen molar-refractivity contribution in [3.8, 4) is 17.1 Å². The minimum absolute atomic E-state index is 0.282. The molecule has 17 heavy (non-hydrogen) atoms. The molecule has 2 N–H and O–H groups in total. The van der Waals surface area contributed by atoms with Gasteiger partial charge in [-0.15, -0.1) is 0 Å². The van der Waals surface area contributed by atoms with Gasteiger partial charge in [-0.3, -0.25) is 0 Å². The second kappa shape index (κ2) is 4.77. The van der Waals surface area contributed by atoms with Gasteiger partial charge < -0.3 is 14.9 Å². The summed E-state index contributed by atoms with van der Waals surface area (Å²) in [5.74, 6) is 1.84. The Labute approximate surface area is 104 Å². The zero-order valence-corrected chi connectivity index (χ0v) is 10.4. The average molecular weight is 253 g/mol. The molecule has 1 aromatic heterocycles. The second-order valence-corrected chi connectivity index (χ2v) is 3.98. The number of aryl methyl sites for hydroxylation is 1. The minimum atomic E-state index is 0.282. The lowest BCUT2D eigenvalue weighted by Gasteiger charge is -2.04. The molecule has 90 valence electrons. The predicted octanol–water partition coefficient (Wildman–Crippen LogP) is 2.77. The second-order valence-electron chi connectivity index (χ2n) is 3.58. The lowest BCUT2D eigenvalue weighted by atomic mass is 10.1. The number of halogens is 1. The molecule has 1 heterocycles. The highest BCUT2D eigenvalue weighted by Crippen LogP contribution is 2.31. The van der Waals surface area contributed by atoms with Crippen molar-refractivity contribution in [2.45, 2.75) is 13.5 Å². The van der Waals surface area contributed by atoms with Crippen molar-refractivity contribution in [1.29, 1.82) is 0 Å². The van der Waals surface area contributed by atoms with Gasteiger partial charge in [0.15, 0.2) is 5.76 Å². The number of oxazole rings is 1. The molecule has 0 bridgehead atoms. The van der Waals surface area contributed by atoms with Crippen molar-refractivity contribution in [3.63, 3.8) is 0 Å². The maximum absolute atomic E-state index is 6.06. The largest absolute Gasteiger partial charge is 0.495 e. The van der Waals surface area contributed by atoms with Crippen LogP contribution in [-0.2, 0) is 6.54 Å². The van der Waals surface area contributed by atoms with E-state index in [-0.39, 0.29) is 6.54 Å². The fraction of sp³-hybridized carbons (Fsp3) is 0.250. The van der Waals surface area contributed by atoms with Crippen LogP contribution in [0.5, 0.6) is 5.75 Å². The molecule has 0 aliphatic carbocycles. The van der Waals surface area contributed by atoms with Gasteiger partial charge in [0.05, 0.1) is 24.4 Å². The Morgan fingerprint density at radius 2 is 2.24 bits per heavy atom. The highest BCUT2D eigenvalue weighted by molar-refractivity contribution is 6.32. The van der Waals surface area contributed by atoms with Crippen molar-refractivity contribution in [2.75, 3.05) is 7.11 Å². The summed E-state index contributed by atoms with van der Waals surface area (Å²) in [5, 5.41) is 0.537. The number of hydrogen-bond donors (Lipinski definition) is 1. The van der Waals surface area contributed by atoms with E-state index in [1.54, 1.807) is 19.2 Å². The summed E-state index contributed by atoms with van der Waals surface area (Å²) in [5.41, 5.74) is 7.14. The molecular weight excluding hydrogens is 240 g/mol. The zero-order chi connectivity index (χ0) is 12.4. The molecule has 0 aliphatic heterocycles. The zero-order valence-electron chi connectivity index (χ0n) is 9.66. The molecule has 0 aliphatic rings. The van der Waals surface area contributed by atoms with E-state index in [0.717, 1.165) is 11.3 Å². The number of methoxy groups -OCH3 is 1. The van der Waals surface area contributed by atoms with E-state index in [4.69, 9.17) is 26.5 Å². The Hall–Kier alpha value is -1.52. The predicted molar refractivity (Wildman–Crippen MR) is 66.1 cm³/mol. The number of rotatable bonds is 3. The van der Waals surface area contributed by atoms with Crippen LogP contribution in [0.2, 0.25) is 5.02 Å². The molecule has 4 nitrogen and oxygen atoms in total. The van der Waals surface area contributed by atoms with Crippen LogP contribution in [0.3, 0.4) is 0 Å². The van der Waals surface area contributed by atoms with E-state index in [1.807, 2.05) is 13.0 Å². The van der Waals surface area contributed by atoms with Gasteiger partial charge in [0.2, 0.25) is 5.89 Å². The van der Waals surface area contributed by atoms with E-state index in [9.17, 15) is 0 Å². The number of aromatic nitrogens is 1. The third-order valence-corrected chi connectivity index (χ3v) is 2.72. The normalized spacial score (nSPS) is 10.6. The summed E-state index contributed by atoms with van der Waals surface area (Å²) < 4.78 is 10.6. The monoisotopic (exact) mass is 252 g/mol. The number of benzene rings is 1. The highest BCUT2D eigenvalue weighted by atomic mass is 35.5.